The van der Waals surface area contributed by atoms with E-state index in [0.717, 1.165) is 37.8 Å². The van der Waals surface area contributed by atoms with E-state index in [2.05, 4.69) is 52.3 Å². The highest BCUT2D eigenvalue weighted by Gasteiger charge is 2.05. The molecule has 0 saturated carbocycles. The summed E-state index contributed by atoms with van der Waals surface area (Å²) in [6.07, 6.45) is 3.06. The van der Waals surface area contributed by atoms with Gasteiger partial charge in [0.1, 0.15) is 0 Å². The summed E-state index contributed by atoms with van der Waals surface area (Å²) in [6.45, 7) is 6.61. The van der Waals surface area contributed by atoms with Crippen LogP contribution in [-0.4, -0.2) is 29.8 Å². The lowest BCUT2D eigenvalue weighted by molar-refractivity contribution is 0.197. The van der Waals surface area contributed by atoms with E-state index in [-0.39, 0.29) is 0 Å². The van der Waals surface area contributed by atoms with E-state index < -0.39 is 0 Å². The molecule has 0 bridgehead atoms. The van der Waals surface area contributed by atoms with Crippen molar-refractivity contribution in [2.75, 3.05) is 25.6 Å². The Labute approximate surface area is 120 Å². The van der Waals surface area contributed by atoms with Gasteiger partial charge in [-0.05, 0) is 25.8 Å². The van der Waals surface area contributed by atoms with Gasteiger partial charge in [0, 0.05) is 26.5 Å². The number of anilines is 1. The van der Waals surface area contributed by atoms with Crippen LogP contribution in [0.25, 0.3) is 0 Å². The van der Waals surface area contributed by atoms with Crippen molar-refractivity contribution >= 4 is 5.95 Å². The number of nitrogens with one attached hydrogen (secondary N) is 1. The van der Waals surface area contributed by atoms with Crippen LogP contribution in [0.5, 0.6) is 0 Å². The largest absolute Gasteiger partial charge is 0.385 e. The lowest BCUT2D eigenvalue weighted by Crippen LogP contribution is -2.10. The molecule has 0 spiro atoms. The predicted molar refractivity (Wildman–Crippen MR) is 82.2 cm³/mol. The Hall–Kier alpha value is -1.81. The van der Waals surface area contributed by atoms with E-state index in [1.807, 2.05) is 6.92 Å². The molecule has 0 fully saturated rings. The average molecular weight is 273 g/mol. The highest BCUT2D eigenvalue weighted by Crippen LogP contribution is 2.12. The molecule has 2 aromatic rings. The molecule has 1 aromatic heterocycles. The first-order valence-corrected chi connectivity index (χ1v) is 7.01. The number of imidazole rings is 1. The van der Waals surface area contributed by atoms with Crippen LogP contribution in [0.4, 0.5) is 5.95 Å². The maximum atomic E-state index is 5.05. The van der Waals surface area contributed by atoms with Gasteiger partial charge in [0.2, 0.25) is 5.95 Å². The highest BCUT2D eigenvalue weighted by atomic mass is 16.5. The van der Waals surface area contributed by atoms with E-state index in [1.165, 1.54) is 11.1 Å². The Morgan fingerprint density at radius 3 is 2.65 bits per heavy atom. The summed E-state index contributed by atoms with van der Waals surface area (Å²) in [5.41, 5.74) is 3.60. The fourth-order valence-electron chi connectivity index (χ4n) is 2.12. The summed E-state index contributed by atoms with van der Waals surface area (Å²) in [7, 11) is 1.72. The lowest BCUT2D eigenvalue weighted by atomic mass is 10.1. The molecule has 1 N–H and O–H groups in total. The summed E-state index contributed by atoms with van der Waals surface area (Å²) < 4.78 is 7.21. The second-order valence-electron chi connectivity index (χ2n) is 5.09. The SMILES string of the molecule is COCCCNc1nc(C)cn1Cc1ccc(C)cc1. The predicted octanol–water partition coefficient (Wildman–Crippen LogP) is 3.00. The smallest absolute Gasteiger partial charge is 0.203 e. The van der Waals surface area contributed by atoms with Crippen molar-refractivity contribution in [1.82, 2.24) is 9.55 Å². The normalized spacial score (nSPS) is 10.8. The van der Waals surface area contributed by atoms with E-state index >= 15 is 0 Å². The van der Waals surface area contributed by atoms with Gasteiger partial charge in [-0.1, -0.05) is 29.8 Å². The molecule has 0 aliphatic rings. The molecule has 1 heterocycles. The number of rotatable bonds is 7. The van der Waals surface area contributed by atoms with Crippen LogP contribution in [0.2, 0.25) is 0 Å². The minimum absolute atomic E-state index is 0.769. The molecule has 1 aromatic carbocycles. The molecule has 108 valence electrons. The molecule has 0 aliphatic heterocycles. The lowest BCUT2D eigenvalue weighted by Gasteiger charge is -2.10. The van der Waals surface area contributed by atoms with E-state index in [1.54, 1.807) is 7.11 Å². The molecule has 0 unspecified atom stereocenters. The number of hydrogen-bond acceptors (Lipinski definition) is 3. The molecule has 0 radical (unpaired) electrons. The van der Waals surface area contributed by atoms with Gasteiger partial charge >= 0.3 is 0 Å². The molecular formula is C16H23N3O. The van der Waals surface area contributed by atoms with E-state index in [9.17, 15) is 0 Å². The summed E-state index contributed by atoms with van der Waals surface area (Å²) in [6, 6.07) is 8.62. The number of aromatic nitrogens is 2. The van der Waals surface area contributed by atoms with Crippen LogP contribution in [0.1, 0.15) is 23.2 Å². The first-order valence-electron chi connectivity index (χ1n) is 7.01. The maximum Gasteiger partial charge on any atom is 0.203 e. The molecule has 0 amide bonds. The fraction of sp³-hybridized carbons (Fsp3) is 0.438. The zero-order valence-corrected chi connectivity index (χ0v) is 12.5. The standard InChI is InChI=1S/C16H23N3O/c1-13-5-7-15(8-6-13)12-19-11-14(2)18-16(19)17-9-4-10-20-3/h5-8,11H,4,9-10,12H2,1-3H3,(H,17,18). The second kappa shape index (κ2) is 7.10. The molecule has 4 heteroatoms. The summed E-state index contributed by atoms with van der Waals surface area (Å²) in [5, 5.41) is 3.37. The Kier molecular flexibility index (Phi) is 5.18. The van der Waals surface area contributed by atoms with Crippen LogP contribution in [-0.2, 0) is 11.3 Å². The van der Waals surface area contributed by atoms with Crippen LogP contribution in [0.15, 0.2) is 30.5 Å². The van der Waals surface area contributed by atoms with Gasteiger partial charge in [0.15, 0.2) is 0 Å². The quantitative estimate of drug-likeness (QED) is 0.788. The topological polar surface area (TPSA) is 39.1 Å². The van der Waals surface area contributed by atoms with Crippen molar-refractivity contribution < 1.29 is 4.74 Å². The molecule has 0 aliphatic carbocycles. The van der Waals surface area contributed by atoms with E-state index in [4.69, 9.17) is 4.74 Å². The van der Waals surface area contributed by atoms with Crippen LogP contribution >= 0.6 is 0 Å². The Bertz CT molecular complexity index is 531. The third-order valence-corrected chi connectivity index (χ3v) is 3.18. The zero-order valence-electron chi connectivity index (χ0n) is 12.5. The Morgan fingerprint density at radius 2 is 1.95 bits per heavy atom. The molecule has 20 heavy (non-hydrogen) atoms. The fourth-order valence-corrected chi connectivity index (χ4v) is 2.12. The molecule has 0 saturated heterocycles. The monoisotopic (exact) mass is 273 g/mol. The van der Waals surface area contributed by atoms with Crippen molar-refractivity contribution in [2.45, 2.75) is 26.8 Å². The average Bonchev–Trinajstić information content (AvgIpc) is 2.77. The summed E-state index contributed by atoms with van der Waals surface area (Å²) in [4.78, 5) is 4.53. The molecular weight excluding hydrogens is 250 g/mol. The van der Waals surface area contributed by atoms with Gasteiger partial charge in [-0.15, -0.1) is 0 Å². The number of aryl methyl sites for hydroxylation is 2. The number of nitrogens with zero attached hydrogens (tertiary/aromatic N) is 2. The Balaban J connectivity index is 2.01. The van der Waals surface area contributed by atoms with Gasteiger partial charge in [0.05, 0.1) is 12.2 Å². The van der Waals surface area contributed by atoms with Gasteiger partial charge in [-0.25, -0.2) is 4.98 Å². The number of benzene rings is 1. The van der Waals surface area contributed by atoms with Crippen molar-refractivity contribution in [1.29, 1.82) is 0 Å². The maximum absolute atomic E-state index is 5.05. The number of ether oxygens (including phenoxy) is 1. The highest BCUT2D eigenvalue weighted by molar-refractivity contribution is 5.31. The second-order valence-corrected chi connectivity index (χ2v) is 5.09. The first-order chi connectivity index (χ1) is 9.69. The minimum Gasteiger partial charge on any atom is -0.385 e. The summed E-state index contributed by atoms with van der Waals surface area (Å²) in [5.74, 6) is 0.930. The first kappa shape index (κ1) is 14.6. The van der Waals surface area contributed by atoms with Crippen molar-refractivity contribution in [3.63, 3.8) is 0 Å². The third kappa shape index (κ3) is 4.10. The number of methoxy groups -OCH3 is 1. The third-order valence-electron chi connectivity index (χ3n) is 3.18. The van der Waals surface area contributed by atoms with Crippen LogP contribution < -0.4 is 5.32 Å². The minimum atomic E-state index is 0.769. The van der Waals surface area contributed by atoms with Crippen LogP contribution in [0, 0.1) is 13.8 Å². The van der Waals surface area contributed by atoms with Crippen molar-refractivity contribution in [2.24, 2.45) is 0 Å². The van der Waals surface area contributed by atoms with E-state index in [0.29, 0.717) is 0 Å². The van der Waals surface area contributed by atoms with Crippen molar-refractivity contribution in [3.05, 3.63) is 47.3 Å². The van der Waals surface area contributed by atoms with Gasteiger partial charge in [0.25, 0.3) is 0 Å². The number of hydrogen-bond donors (Lipinski definition) is 1. The zero-order chi connectivity index (χ0) is 14.4. The molecule has 0 atom stereocenters. The van der Waals surface area contributed by atoms with Crippen molar-refractivity contribution in [3.8, 4) is 0 Å². The summed E-state index contributed by atoms with van der Waals surface area (Å²) >= 11 is 0. The molecule has 4 nitrogen and oxygen atoms in total. The van der Waals surface area contributed by atoms with Gasteiger partial charge < -0.3 is 14.6 Å². The Morgan fingerprint density at radius 1 is 1.20 bits per heavy atom. The van der Waals surface area contributed by atoms with Gasteiger partial charge in [-0.3, -0.25) is 0 Å². The van der Waals surface area contributed by atoms with Crippen LogP contribution in [0.3, 0.4) is 0 Å². The van der Waals surface area contributed by atoms with Gasteiger partial charge in [-0.2, -0.15) is 0 Å². The molecule has 2 rings (SSSR count).